The molecule has 0 saturated heterocycles. The molecule has 0 radical (unpaired) electrons. The van der Waals surface area contributed by atoms with Crippen molar-refractivity contribution in [1.29, 1.82) is 0 Å². The van der Waals surface area contributed by atoms with Crippen molar-refractivity contribution in [3.63, 3.8) is 0 Å². The molecule has 0 aromatic rings. The number of hydrogen-bond donors (Lipinski definition) is 2. The van der Waals surface area contributed by atoms with Gasteiger partial charge in [0.15, 0.2) is 0 Å². The highest BCUT2D eigenvalue weighted by molar-refractivity contribution is 5.81. The van der Waals surface area contributed by atoms with Gasteiger partial charge in [-0.05, 0) is 32.2 Å². The molecule has 0 rings (SSSR count). The van der Waals surface area contributed by atoms with Crippen LogP contribution in [-0.4, -0.2) is 25.0 Å². The fourth-order valence-corrected chi connectivity index (χ4v) is 2.12. The first-order chi connectivity index (χ1) is 9.15. The van der Waals surface area contributed by atoms with Gasteiger partial charge >= 0.3 is 0 Å². The Balaban J connectivity index is 3.75. The van der Waals surface area contributed by atoms with Gasteiger partial charge < -0.3 is 10.6 Å². The largest absolute Gasteiger partial charge is 0.355 e. The molecule has 1 amide bonds. The third kappa shape index (κ3) is 9.94. The molecule has 0 saturated carbocycles. The Bertz CT molecular complexity index is 219. The summed E-state index contributed by atoms with van der Waals surface area (Å²) < 4.78 is 0. The second kappa shape index (κ2) is 12.5. The first-order valence-electron chi connectivity index (χ1n) is 8.16. The summed E-state index contributed by atoms with van der Waals surface area (Å²) >= 11 is 0. The number of carbonyl (C=O) groups excluding carboxylic acids is 1. The van der Waals surface area contributed by atoms with Crippen molar-refractivity contribution in [2.24, 2.45) is 5.92 Å². The molecule has 0 aromatic heterocycles. The number of rotatable bonds is 12. The van der Waals surface area contributed by atoms with Crippen LogP contribution in [0.5, 0.6) is 0 Å². The minimum atomic E-state index is -0.0719. The standard InChI is InChI=1S/C16H34N2O/c1-5-8-10-12-17-16(19)14(4)18-13-15(7-3)11-9-6-2/h14-15,18H,5-13H2,1-4H3,(H,17,19). The molecule has 3 heteroatoms. The molecule has 2 atom stereocenters. The number of hydrogen-bond acceptors (Lipinski definition) is 2. The van der Waals surface area contributed by atoms with Crippen LogP contribution in [0.25, 0.3) is 0 Å². The predicted molar refractivity (Wildman–Crippen MR) is 83.3 cm³/mol. The second-order valence-corrected chi connectivity index (χ2v) is 5.54. The molecular weight excluding hydrogens is 236 g/mol. The summed E-state index contributed by atoms with van der Waals surface area (Å²) in [6.07, 6.45) is 8.48. The molecule has 0 aromatic carbocycles. The summed E-state index contributed by atoms with van der Waals surface area (Å²) in [5.41, 5.74) is 0. The van der Waals surface area contributed by atoms with E-state index in [1.807, 2.05) is 6.92 Å². The quantitative estimate of drug-likeness (QED) is 0.533. The van der Waals surface area contributed by atoms with Gasteiger partial charge in [-0.3, -0.25) is 4.79 Å². The van der Waals surface area contributed by atoms with Crippen molar-refractivity contribution >= 4 is 5.91 Å². The van der Waals surface area contributed by atoms with Gasteiger partial charge in [0.05, 0.1) is 6.04 Å². The fourth-order valence-electron chi connectivity index (χ4n) is 2.12. The number of carbonyl (C=O) groups is 1. The molecule has 0 heterocycles. The van der Waals surface area contributed by atoms with E-state index in [-0.39, 0.29) is 11.9 Å². The zero-order chi connectivity index (χ0) is 14.5. The van der Waals surface area contributed by atoms with Gasteiger partial charge in [-0.2, -0.15) is 0 Å². The van der Waals surface area contributed by atoms with Crippen LogP contribution in [0.1, 0.15) is 72.6 Å². The molecule has 0 bridgehead atoms. The summed E-state index contributed by atoms with van der Waals surface area (Å²) in [5, 5.41) is 6.37. The Morgan fingerprint density at radius 3 is 2.32 bits per heavy atom. The maximum Gasteiger partial charge on any atom is 0.236 e. The topological polar surface area (TPSA) is 41.1 Å². The summed E-state index contributed by atoms with van der Waals surface area (Å²) in [6.45, 7) is 10.4. The first kappa shape index (κ1) is 18.4. The Morgan fingerprint density at radius 2 is 1.74 bits per heavy atom. The normalized spacial score (nSPS) is 14.1. The minimum absolute atomic E-state index is 0.0719. The number of amides is 1. The smallest absolute Gasteiger partial charge is 0.236 e. The zero-order valence-corrected chi connectivity index (χ0v) is 13.4. The molecule has 0 spiro atoms. The van der Waals surface area contributed by atoms with Crippen molar-refractivity contribution in [2.45, 2.75) is 78.7 Å². The van der Waals surface area contributed by atoms with Crippen LogP contribution in [0.2, 0.25) is 0 Å². The highest BCUT2D eigenvalue weighted by atomic mass is 16.2. The van der Waals surface area contributed by atoms with Crippen molar-refractivity contribution in [3.05, 3.63) is 0 Å². The van der Waals surface area contributed by atoms with E-state index < -0.39 is 0 Å². The Morgan fingerprint density at radius 1 is 1.05 bits per heavy atom. The summed E-state index contributed by atoms with van der Waals surface area (Å²) in [7, 11) is 0. The molecule has 2 unspecified atom stereocenters. The lowest BCUT2D eigenvalue weighted by atomic mass is 9.99. The van der Waals surface area contributed by atoms with Crippen LogP contribution in [0, 0.1) is 5.92 Å². The van der Waals surface area contributed by atoms with Crippen molar-refractivity contribution in [3.8, 4) is 0 Å². The van der Waals surface area contributed by atoms with Crippen molar-refractivity contribution in [2.75, 3.05) is 13.1 Å². The minimum Gasteiger partial charge on any atom is -0.355 e. The molecule has 0 aliphatic carbocycles. The fraction of sp³-hybridized carbons (Fsp3) is 0.938. The molecule has 0 fully saturated rings. The van der Waals surface area contributed by atoms with E-state index in [0.717, 1.165) is 19.5 Å². The van der Waals surface area contributed by atoms with Crippen molar-refractivity contribution < 1.29 is 4.79 Å². The van der Waals surface area contributed by atoms with E-state index in [1.54, 1.807) is 0 Å². The first-order valence-corrected chi connectivity index (χ1v) is 8.16. The highest BCUT2D eigenvalue weighted by Crippen LogP contribution is 2.11. The summed E-state index contributed by atoms with van der Waals surface area (Å²) in [6, 6.07) is -0.0719. The number of unbranched alkanes of at least 4 members (excludes halogenated alkanes) is 3. The van der Waals surface area contributed by atoms with Crippen LogP contribution in [-0.2, 0) is 4.79 Å². The lowest BCUT2D eigenvalue weighted by Gasteiger charge is -2.19. The molecule has 0 aliphatic heterocycles. The number of nitrogens with one attached hydrogen (secondary N) is 2. The highest BCUT2D eigenvalue weighted by Gasteiger charge is 2.13. The molecular formula is C16H34N2O. The maximum absolute atomic E-state index is 11.8. The van der Waals surface area contributed by atoms with Crippen LogP contribution in [0.15, 0.2) is 0 Å². The van der Waals surface area contributed by atoms with Gasteiger partial charge in [-0.1, -0.05) is 52.9 Å². The van der Waals surface area contributed by atoms with Crippen LogP contribution >= 0.6 is 0 Å². The summed E-state index contributed by atoms with van der Waals surface area (Å²) in [5.74, 6) is 0.844. The van der Waals surface area contributed by atoms with Gasteiger partial charge in [-0.25, -0.2) is 0 Å². The zero-order valence-electron chi connectivity index (χ0n) is 13.4. The average Bonchev–Trinajstić information content (AvgIpc) is 2.43. The molecule has 3 nitrogen and oxygen atoms in total. The van der Waals surface area contributed by atoms with Gasteiger partial charge in [-0.15, -0.1) is 0 Å². The van der Waals surface area contributed by atoms with Gasteiger partial charge in [0.1, 0.15) is 0 Å². The van der Waals surface area contributed by atoms with Crippen molar-refractivity contribution in [1.82, 2.24) is 10.6 Å². The maximum atomic E-state index is 11.8. The average molecular weight is 270 g/mol. The Labute approximate surface area is 119 Å². The lowest BCUT2D eigenvalue weighted by Crippen LogP contribution is -2.44. The van der Waals surface area contributed by atoms with E-state index in [2.05, 4.69) is 31.4 Å². The van der Waals surface area contributed by atoms with E-state index in [9.17, 15) is 4.79 Å². The van der Waals surface area contributed by atoms with Crippen LogP contribution in [0.4, 0.5) is 0 Å². The molecule has 114 valence electrons. The SMILES string of the molecule is CCCCCNC(=O)C(C)NCC(CC)CCCC. The lowest BCUT2D eigenvalue weighted by molar-refractivity contribution is -0.122. The Kier molecular flexibility index (Phi) is 12.1. The molecule has 2 N–H and O–H groups in total. The monoisotopic (exact) mass is 270 g/mol. The van der Waals surface area contributed by atoms with Crippen LogP contribution < -0.4 is 10.6 Å². The van der Waals surface area contributed by atoms with Gasteiger partial charge in [0.2, 0.25) is 5.91 Å². The predicted octanol–water partition coefficient (Wildman–Crippen LogP) is 3.49. The van der Waals surface area contributed by atoms with E-state index in [1.165, 1.54) is 38.5 Å². The Hall–Kier alpha value is -0.570. The van der Waals surface area contributed by atoms with Gasteiger partial charge in [0, 0.05) is 6.54 Å². The second-order valence-electron chi connectivity index (χ2n) is 5.54. The molecule has 19 heavy (non-hydrogen) atoms. The third-order valence-electron chi connectivity index (χ3n) is 3.73. The van der Waals surface area contributed by atoms with E-state index >= 15 is 0 Å². The van der Waals surface area contributed by atoms with E-state index in [4.69, 9.17) is 0 Å². The third-order valence-corrected chi connectivity index (χ3v) is 3.73. The van der Waals surface area contributed by atoms with E-state index in [0.29, 0.717) is 5.92 Å². The molecule has 0 aliphatic rings. The van der Waals surface area contributed by atoms with Gasteiger partial charge in [0.25, 0.3) is 0 Å². The van der Waals surface area contributed by atoms with Crippen LogP contribution in [0.3, 0.4) is 0 Å². The summed E-state index contributed by atoms with van der Waals surface area (Å²) in [4.78, 5) is 11.8.